The zero-order chi connectivity index (χ0) is 17.2. The van der Waals surface area contributed by atoms with Gasteiger partial charge in [-0.25, -0.2) is 0 Å². The van der Waals surface area contributed by atoms with Gasteiger partial charge in [-0.1, -0.05) is 6.07 Å². The molecule has 0 aliphatic heterocycles. The van der Waals surface area contributed by atoms with E-state index in [9.17, 15) is 4.79 Å². The third-order valence-corrected chi connectivity index (χ3v) is 3.22. The Kier molecular flexibility index (Phi) is 6.91. The van der Waals surface area contributed by atoms with Crippen molar-refractivity contribution in [1.82, 2.24) is 0 Å². The van der Waals surface area contributed by atoms with E-state index in [-0.39, 0.29) is 12.5 Å². The molecular weight excluding hydrogens is 308 g/mol. The Labute approximate surface area is 141 Å². The fourth-order valence-electron chi connectivity index (χ4n) is 2.00. The highest BCUT2D eigenvalue weighted by molar-refractivity contribution is 5.93. The third kappa shape index (κ3) is 5.81. The van der Waals surface area contributed by atoms with Crippen LogP contribution in [0.4, 0.5) is 11.4 Å². The summed E-state index contributed by atoms with van der Waals surface area (Å²) in [6.07, 6.45) is 0. The Morgan fingerprint density at radius 1 is 0.958 bits per heavy atom. The minimum absolute atomic E-state index is 0.133. The quantitative estimate of drug-likeness (QED) is 0.692. The van der Waals surface area contributed by atoms with Gasteiger partial charge in [0.05, 0.1) is 20.3 Å². The Balaban J connectivity index is 1.79. The zero-order valence-electron chi connectivity index (χ0n) is 13.9. The van der Waals surface area contributed by atoms with Crippen LogP contribution in [0.3, 0.4) is 0 Å². The molecular formula is C18H22N2O4. The lowest BCUT2D eigenvalue weighted by molar-refractivity contribution is -0.114. The highest BCUT2D eigenvalue weighted by Gasteiger charge is 2.03. The van der Waals surface area contributed by atoms with Crippen LogP contribution in [0, 0.1) is 0 Å². The van der Waals surface area contributed by atoms with Crippen molar-refractivity contribution < 1.29 is 19.0 Å². The Hall–Kier alpha value is -2.73. The minimum Gasteiger partial charge on any atom is -0.497 e. The van der Waals surface area contributed by atoms with Crippen LogP contribution in [-0.4, -0.2) is 39.9 Å². The first-order valence-corrected chi connectivity index (χ1v) is 7.61. The summed E-state index contributed by atoms with van der Waals surface area (Å²) in [7, 11) is 3.23. The number of benzene rings is 2. The molecule has 2 rings (SSSR count). The molecule has 2 aromatic rings. The van der Waals surface area contributed by atoms with E-state index in [4.69, 9.17) is 14.2 Å². The van der Waals surface area contributed by atoms with Gasteiger partial charge >= 0.3 is 0 Å². The van der Waals surface area contributed by atoms with E-state index in [2.05, 4.69) is 10.6 Å². The van der Waals surface area contributed by atoms with Gasteiger partial charge in [-0.3, -0.25) is 4.79 Å². The second-order valence-electron chi connectivity index (χ2n) is 5.00. The molecule has 6 heteroatoms. The molecule has 1 amide bonds. The summed E-state index contributed by atoms with van der Waals surface area (Å²) in [5.74, 6) is 1.34. The van der Waals surface area contributed by atoms with E-state index in [1.807, 2.05) is 24.3 Å². The molecule has 0 atom stereocenters. The average molecular weight is 330 g/mol. The molecule has 2 aromatic carbocycles. The molecule has 0 aromatic heterocycles. The molecule has 24 heavy (non-hydrogen) atoms. The lowest BCUT2D eigenvalue weighted by Gasteiger charge is -2.10. The highest BCUT2D eigenvalue weighted by atomic mass is 16.5. The molecule has 0 spiro atoms. The number of carbonyl (C=O) groups excluding carboxylic acids is 1. The number of anilines is 2. The molecule has 2 N–H and O–H groups in total. The van der Waals surface area contributed by atoms with Crippen molar-refractivity contribution in [2.24, 2.45) is 0 Å². The van der Waals surface area contributed by atoms with E-state index in [0.717, 1.165) is 17.2 Å². The van der Waals surface area contributed by atoms with Crippen molar-refractivity contribution in [3.8, 4) is 11.5 Å². The molecule has 0 saturated heterocycles. The SMILES string of the molecule is COCCOc1ccc(NC(=O)CNc2cccc(OC)c2)cc1. The van der Waals surface area contributed by atoms with Crippen molar-refractivity contribution in [3.63, 3.8) is 0 Å². The maximum absolute atomic E-state index is 12.0. The number of carbonyl (C=O) groups is 1. The fraction of sp³-hybridized carbons (Fsp3) is 0.278. The van der Waals surface area contributed by atoms with Crippen molar-refractivity contribution >= 4 is 17.3 Å². The van der Waals surface area contributed by atoms with Crippen LogP contribution in [0.25, 0.3) is 0 Å². The smallest absolute Gasteiger partial charge is 0.243 e. The number of nitrogens with one attached hydrogen (secondary N) is 2. The summed E-state index contributed by atoms with van der Waals surface area (Å²) in [6, 6.07) is 14.6. The van der Waals surface area contributed by atoms with E-state index in [1.54, 1.807) is 38.5 Å². The second-order valence-corrected chi connectivity index (χ2v) is 5.00. The van der Waals surface area contributed by atoms with Gasteiger partial charge in [-0.05, 0) is 36.4 Å². The van der Waals surface area contributed by atoms with Gasteiger partial charge in [-0.15, -0.1) is 0 Å². The summed E-state index contributed by atoms with van der Waals surface area (Å²) in [4.78, 5) is 12.0. The van der Waals surface area contributed by atoms with Crippen LogP contribution in [0.1, 0.15) is 0 Å². The standard InChI is InChI=1S/C18H22N2O4/c1-22-10-11-24-16-8-6-14(7-9-16)20-18(21)13-19-15-4-3-5-17(12-15)23-2/h3-9,12,19H,10-11,13H2,1-2H3,(H,20,21). The largest absolute Gasteiger partial charge is 0.497 e. The molecule has 0 bridgehead atoms. The van der Waals surface area contributed by atoms with E-state index < -0.39 is 0 Å². The molecule has 128 valence electrons. The number of hydrogen-bond acceptors (Lipinski definition) is 5. The van der Waals surface area contributed by atoms with Gasteiger partial charge in [0.2, 0.25) is 5.91 Å². The van der Waals surface area contributed by atoms with Gasteiger partial charge in [0.15, 0.2) is 0 Å². The Morgan fingerprint density at radius 2 is 1.75 bits per heavy atom. The van der Waals surface area contributed by atoms with Gasteiger partial charge in [0.1, 0.15) is 18.1 Å². The van der Waals surface area contributed by atoms with Gasteiger partial charge in [-0.2, -0.15) is 0 Å². The average Bonchev–Trinajstić information content (AvgIpc) is 2.62. The Bertz CT molecular complexity index is 644. The lowest BCUT2D eigenvalue weighted by atomic mass is 10.3. The van der Waals surface area contributed by atoms with Crippen LogP contribution < -0.4 is 20.1 Å². The number of amides is 1. The number of hydrogen-bond donors (Lipinski definition) is 2. The first kappa shape index (κ1) is 17.6. The molecule has 0 aliphatic carbocycles. The Morgan fingerprint density at radius 3 is 2.46 bits per heavy atom. The van der Waals surface area contributed by atoms with E-state index >= 15 is 0 Å². The molecule has 6 nitrogen and oxygen atoms in total. The van der Waals surface area contributed by atoms with Crippen LogP contribution in [0.2, 0.25) is 0 Å². The minimum atomic E-state index is -0.133. The fourth-order valence-corrected chi connectivity index (χ4v) is 2.00. The monoisotopic (exact) mass is 330 g/mol. The second kappa shape index (κ2) is 9.42. The van der Waals surface area contributed by atoms with Crippen molar-refractivity contribution in [1.29, 1.82) is 0 Å². The van der Waals surface area contributed by atoms with E-state index in [0.29, 0.717) is 18.9 Å². The third-order valence-electron chi connectivity index (χ3n) is 3.22. The van der Waals surface area contributed by atoms with Gasteiger partial charge in [0.25, 0.3) is 0 Å². The molecule has 0 radical (unpaired) electrons. The van der Waals surface area contributed by atoms with Crippen LogP contribution >= 0.6 is 0 Å². The molecule has 0 unspecified atom stereocenters. The van der Waals surface area contributed by atoms with Crippen LogP contribution in [-0.2, 0) is 9.53 Å². The first-order valence-electron chi connectivity index (χ1n) is 7.61. The summed E-state index contributed by atoms with van der Waals surface area (Å²) < 4.78 is 15.5. The summed E-state index contributed by atoms with van der Waals surface area (Å²) in [6.45, 7) is 1.19. The predicted molar refractivity (Wildman–Crippen MR) is 93.9 cm³/mol. The number of methoxy groups -OCH3 is 2. The zero-order valence-corrected chi connectivity index (χ0v) is 13.9. The summed E-state index contributed by atoms with van der Waals surface area (Å²) in [5, 5.41) is 5.88. The topological polar surface area (TPSA) is 68.8 Å². The predicted octanol–water partition coefficient (Wildman–Crippen LogP) is 2.77. The van der Waals surface area contributed by atoms with Crippen molar-refractivity contribution in [2.75, 3.05) is 44.6 Å². The van der Waals surface area contributed by atoms with Crippen LogP contribution in [0.15, 0.2) is 48.5 Å². The van der Waals surface area contributed by atoms with Gasteiger partial charge < -0.3 is 24.8 Å². The highest BCUT2D eigenvalue weighted by Crippen LogP contribution is 2.17. The number of rotatable bonds is 9. The molecule has 0 fully saturated rings. The molecule has 0 heterocycles. The molecule has 0 aliphatic rings. The van der Waals surface area contributed by atoms with Crippen LogP contribution in [0.5, 0.6) is 11.5 Å². The number of ether oxygens (including phenoxy) is 3. The summed E-state index contributed by atoms with van der Waals surface area (Å²) >= 11 is 0. The maximum Gasteiger partial charge on any atom is 0.243 e. The lowest BCUT2D eigenvalue weighted by Crippen LogP contribution is -2.21. The van der Waals surface area contributed by atoms with Crippen molar-refractivity contribution in [2.45, 2.75) is 0 Å². The molecule has 0 saturated carbocycles. The maximum atomic E-state index is 12.0. The van der Waals surface area contributed by atoms with E-state index in [1.165, 1.54) is 0 Å². The summed E-state index contributed by atoms with van der Waals surface area (Å²) in [5.41, 5.74) is 1.54. The first-order chi connectivity index (χ1) is 11.7. The normalized spacial score (nSPS) is 10.1. The van der Waals surface area contributed by atoms with Crippen molar-refractivity contribution in [3.05, 3.63) is 48.5 Å². The van der Waals surface area contributed by atoms with Gasteiger partial charge in [0, 0.05) is 24.6 Å².